The number of anilines is 1. The highest BCUT2D eigenvalue weighted by molar-refractivity contribution is 5.90. The van der Waals surface area contributed by atoms with Crippen LogP contribution in [0.15, 0.2) is 48.8 Å². The molecule has 0 saturated heterocycles. The first kappa shape index (κ1) is 16.9. The van der Waals surface area contributed by atoms with Gasteiger partial charge in [0.25, 0.3) is 0 Å². The predicted molar refractivity (Wildman–Crippen MR) is 101 cm³/mol. The number of aliphatic hydroxyl groups is 1. The summed E-state index contributed by atoms with van der Waals surface area (Å²) in [5.74, 6) is 2.04. The Balaban J connectivity index is 1.51. The van der Waals surface area contributed by atoms with Crippen molar-refractivity contribution >= 4 is 16.7 Å². The minimum atomic E-state index is -0.577. The molecule has 0 spiro atoms. The molecule has 0 radical (unpaired) electrons. The summed E-state index contributed by atoms with van der Waals surface area (Å²) in [7, 11) is 0. The Morgan fingerprint density at radius 3 is 2.73 bits per heavy atom. The molecule has 2 N–H and O–H groups in total. The number of fused-ring (bicyclic) bond motifs is 1. The Morgan fingerprint density at radius 2 is 1.92 bits per heavy atom. The molecule has 6 nitrogen and oxygen atoms in total. The molecule has 2 aromatic heterocycles. The lowest BCUT2D eigenvalue weighted by Crippen LogP contribution is -2.25. The highest BCUT2D eigenvalue weighted by Gasteiger charge is 2.21. The first-order valence-electron chi connectivity index (χ1n) is 8.96. The highest BCUT2D eigenvalue weighted by Crippen LogP contribution is 2.28. The van der Waals surface area contributed by atoms with Crippen LogP contribution in [-0.2, 0) is 4.74 Å². The van der Waals surface area contributed by atoms with E-state index < -0.39 is 6.10 Å². The molecular weight excluding hydrogens is 328 g/mol. The van der Waals surface area contributed by atoms with Crippen LogP contribution in [0.1, 0.15) is 12.8 Å². The van der Waals surface area contributed by atoms with Gasteiger partial charge in [0.1, 0.15) is 5.82 Å². The maximum absolute atomic E-state index is 10.2. The third kappa shape index (κ3) is 4.15. The van der Waals surface area contributed by atoms with Crippen molar-refractivity contribution in [3.63, 3.8) is 0 Å². The monoisotopic (exact) mass is 350 g/mol. The number of aromatic nitrogens is 3. The predicted octanol–water partition coefficient (Wildman–Crippen LogP) is 2.89. The second-order valence-corrected chi connectivity index (χ2v) is 6.66. The van der Waals surface area contributed by atoms with Crippen molar-refractivity contribution in [2.75, 3.05) is 25.1 Å². The zero-order valence-corrected chi connectivity index (χ0v) is 14.5. The summed E-state index contributed by atoms with van der Waals surface area (Å²) >= 11 is 0. The number of nitrogens with one attached hydrogen (secondary N) is 1. The molecule has 134 valence electrons. The van der Waals surface area contributed by atoms with E-state index in [9.17, 15) is 5.11 Å². The molecule has 2 heterocycles. The van der Waals surface area contributed by atoms with Crippen LogP contribution in [0.4, 0.5) is 5.82 Å². The van der Waals surface area contributed by atoms with E-state index in [1.54, 1.807) is 12.4 Å². The minimum Gasteiger partial charge on any atom is -0.389 e. The first-order chi connectivity index (χ1) is 12.8. The van der Waals surface area contributed by atoms with E-state index >= 15 is 0 Å². The summed E-state index contributed by atoms with van der Waals surface area (Å²) in [4.78, 5) is 13.3. The highest BCUT2D eigenvalue weighted by atomic mass is 16.5. The minimum absolute atomic E-state index is 0.337. The van der Waals surface area contributed by atoms with Crippen molar-refractivity contribution < 1.29 is 9.84 Å². The van der Waals surface area contributed by atoms with Gasteiger partial charge in [-0.25, -0.2) is 9.97 Å². The van der Waals surface area contributed by atoms with Gasteiger partial charge < -0.3 is 15.2 Å². The van der Waals surface area contributed by atoms with Crippen molar-refractivity contribution in [1.29, 1.82) is 0 Å². The van der Waals surface area contributed by atoms with Gasteiger partial charge in [0.15, 0.2) is 5.82 Å². The second kappa shape index (κ2) is 7.76. The van der Waals surface area contributed by atoms with Gasteiger partial charge in [-0.3, -0.25) is 4.98 Å². The largest absolute Gasteiger partial charge is 0.389 e. The van der Waals surface area contributed by atoms with Crippen LogP contribution in [-0.4, -0.2) is 45.9 Å². The molecular formula is C20H22N4O2. The second-order valence-electron chi connectivity index (χ2n) is 6.66. The van der Waals surface area contributed by atoms with Crippen LogP contribution >= 0.6 is 0 Å². The number of aliphatic hydroxyl groups excluding tert-OH is 1. The van der Waals surface area contributed by atoms with Gasteiger partial charge in [-0.1, -0.05) is 12.1 Å². The average molecular weight is 350 g/mol. The number of hydrogen-bond acceptors (Lipinski definition) is 6. The van der Waals surface area contributed by atoms with Gasteiger partial charge >= 0.3 is 0 Å². The topological polar surface area (TPSA) is 80.2 Å². The number of rotatable bonds is 8. The molecule has 1 atom stereocenters. The zero-order valence-electron chi connectivity index (χ0n) is 14.5. The number of para-hydroxylation sites is 1. The van der Waals surface area contributed by atoms with E-state index in [0.29, 0.717) is 30.7 Å². The zero-order chi connectivity index (χ0) is 17.8. The van der Waals surface area contributed by atoms with Crippen molar-refractivity contribution in [2.24, 2.45) is 5.92 Å². The molecule has 1 saturated carbocycles. The third-order valence-electron chi connectivity index (χ3n) is 4.41. The lowest BCUT2D eigenvalue weighted by molar-refractivity contribution is 0.0386. The van der Waals surface area contributed by atoms with E-state index in [2.05, 4.69) is 20.3 Å². The first-order valence-corrected chi connectivity index (χ1v) is 8.96. The maximum Gasteiger partial charge on any atom is 0.162 e. The molecule has 1 unspecified atom stereocenters. The molecule has 1 fully saturated rings. The Bertz CT molecular complexity index is 868. The summed E-state index contributed by atoms with van der Waals surface area (Å²) in [5.41, 5.74) is 1.76. The van der Waals surface area contributed by atoms with Crippen LogP contribution in [0.25, 0.3) is 22.3 Å². The van der Waals surface area contributed by atoms with E-state index in [-0.39, 0.29) is 0 Å². The molecule has 3 aromatic rings. The summed E-state index contributed by atoms with van der Waals surface area (Å²) < 4.78 is 5.56. The summed E-state index contributed by atoms with van der Waals surface area (Å²) in [6.45, 7) is 1.46. The van der Waals surface area contributed by atoms with Gasteiger partial charge in [-0.15, -0.1) is 0 Å². The van der Waals surface area contributed by atoms with Gasteiger partial charge in [0.2, 0.25) is 0 Å². The molecule has 26 heavy (non-hydrogen) atoms. The number of hydrogen-bond donors (Lipinski definition) is 2. The number of ether oxygens (including phenoxy) is 1. The Kier molecular flexibility index (Phi) is 5.04. The quantitative estimate of drug-likeness (QED) is 0.650. The molecule has 0 aliphatic heterocycles. The number of benzene rings is 1. The van der Waals surface area contributed by atoms with Crippen LogP contribution < -0.4 is 5.32 Å². The molecule has 0 bridgehead atoms. The molecule has 1 aliphatic carbocycles. The van der Waals surface area contributed by atoms with Crippen LogP contribution in [0.2, 0.25) is 0 Å². The van der Waals surface area contributed by atoms with Gasteiger partial charge in [0.05, 0.1) is 18.2 Å². The van der Waals surface area contributed by atoms with Crippen LogP contribution in [0, 0.1) is 5.92 Å². The Morgan fingerprint density at radius 1 is 1.12 bits per heavy atom. The summed E-state index contributed by atoms with van der Waals surface area (Å²) in [5, 5.41) is 14.3. The van der Waals surface area contributed by atoms with Crippen molar-refractivity contribution in [2.45, 2.75) is 18.9 Å². The summed E-state index contributed by atoms with van der Waals surface area (Å²) in [6, 6.07) is 11.6. The van der Waals surface area contributed by atoms with E-state index in [1.807, 2.05) is 36.4 Å². The van der Waals surface area contributed by atoms with E-state index in [1.165, 1.54) is 12.8 Å². The lowest BCUT2D eigenvalue weighted by atomic mass is 10.2. The average Bonchev–Trinajstić information content (AvgIpc) is 3.51. The van der Waals surface area contributed by atoms with Gasteiger partial charge in [-0.2, -0.15) is 0 Å². The number of nitrogens with zero attached hydrogens (tertiary/aromatic N) is 3. The third-order valence-corrected chi connectivity index (χ3v) is 4.41. The van der Waals surface area contributed by atoms with Gasteiger partial charge in [0, 0.05) is 36.5 Å². The normalized spacial score (nSPS) is 15.1. The van der Waals surface area contributed by atoms with Crippen molar-refractivity contribution in [1.82, 2.24) is 15.0 Å². The van der Waals surface area contributed by atoms with Crippen LogP contribution in [0.5, 0.6) is 0 Å². The summed E-state index contributed by atoms with van der Waals surface area (Å²) in [6.07, 6.45) is 5.37. The fraction of sp³-hybridized carbons (Fsp3) is 0.350. The molecule has 1 aliphatic rings. The SMILES string of the molecule is OC(CNc1nc(-c2ccncc2)nc2ccccc12)COCC1CC1. The smallest absolute Gasteiger partial charge is 0.162 e. The fourth-order valence-corrected chi connectivity index (χ4v) is 2.77. The molecule has 6 heteroatoms. The fourth-order valence-electron chi connectivity index (χ4n) is 2.77. The Labute approximate surface area is 152 Å². The van der Waals surface area contributed by atoms with Crippen molar-refractivity contribution in [3.05, 3.63) is 48.8 Å². The van der Waals surface area contributed by atoms with E-state index in [4.69, 9.17) is 4.74 Å². The standard InChI is InChI=1S/C20H22N4O2/c25-16(13-26-12-14-5-6-14)11-22-20-17-3-1-2-4-18(17)23-19(24-20)15-7-9-21-10-8-15/h1-4,7-10,14,16,25H,5-6,11-13H2,(H,22,23,24). The van der Waals surface area contributed by atoms with E-state index in [0.717, 1.165) is 23.1 Å². The molecule has 4 rings (SSSR count). The molecule has 0 amide bonds. The van der Waals surface area contributed by atoms with Gasteiger partial charge in [-0.05, 0) is 43.0 Å². The number of pyridine rings is 1. The lowest BCUT2D eigenvalue weighted by Gasteiger charge is -2.15. The molecule has 1 aromatic carbocycles. The maximum atomic E-state index is 10.2. The van der Waals surface area contributed by atoms with Crippen molar-refractivity contribution in [3.8, 4) is 11.4 Å². The Hall–Kier alpha value is -2.57. The van der Waals surface area contributed by atoms with Crippen LogP contribution in [0.3, 0.4) is 0 Å².